The van der Waals surface area contributed by atoms with Crippen molar-refractivity contribution in [2.75, 3.05) is 12.0 Å². The molecule has 0 saturated carbocycles. The quantitative estimate of drug-likeness (QED) is 0.222. The second-order valence-corrected chi connectivity index (χ2v) is 9.06. The van der Waals surface area contributed by atoms with Crippen LogP contribution in [0.1, 0.15) is 52.6 Å². The van der Waals surface area contributed by atoms with Gasteiger partial charge in [0.15, 0.2) is 0 Å². The third kappa shape index (κ3) is 4.82. The average Bonchev–Trinajstić information content (AvgIpc) is 3.15. The minimum absolute atomic E-state index is 0.0912. The van der Waals surface area contributed by atoms with Crippen molar-refractivity contribution in [1.82, 2.24) is 4.98 Å². The number of aliphatic hydroxyl groups excluding tert-OH is 1. The molecule has 0 bridgehead atoms. The Morgan fingerprint density at radius 1 is 1.03 bits per heavy atom. The van der Waals surface area contributed by atoms with Gasteiger partial charge in [0.2, 0.25) is 0 Å². The van der Waals surface area contributed by atoms with Crippen LogP contribution in [0.3, 0.4) is 0 Å². The van der Waals surface area contributed by atoms with Crippen molar-refractivity contribution < 1.29 is 29.0 Å². The molecule has 3 aromatic rings. The summed E-state index contributed by atoms with van der Waals surface area (Å²) in [5.74, 6) is -1.91. The Morgan fingerprint density at radius 3 is 2.43 bits per heavy atom. The highest BCUT2D eigenvalue weighted by atomic mass is 16.5. The summed E-state index contributed by atoms with van der Waals surface area (Å²) in [5.41, 5.74) is 2.67. The maximum Gasteiger partial charge on any atom is 0.338 e. The standard InChI is InChI=1S/C29H28N2O6/c1-16(2)37-29(35)19-9-8-10-20(15-19)31-25(22-11-6-7-12-30-22)24(27(33)28(31)34)26(32)21-13-18(4)23(36-5)14-17(21)3/h6-16,25,32H,1-5H3/b26-24+. The molecular formula is C29H28N2O6. The molecule has 2 aromatic carbocycles. The molecule has 1 unspecified atom stereocenters. The summed E-state index contributed by atoms with van der Waals surface area (Å²) in [6.07, 6.45) is 1.23. The Morgan fingerprint density at radius 2 is 1.78 bits per heavy atom. The molecule has 1 amide bonds. The number of hydrogen-bond donors (Lipinski definition) is 1. The third-order valence-corrected chi connectivity index (χ3v) is 6.11. The molecule has 0 aliphatic carbocycles. The Balaban J connectivity index is 1.91. The minimum Gasteiger partial charge on any atom is -0.507 e. The number of pyridine rings is 1. The Labute approximate surface area is 215 Å². The van der Waals surface area contributed by atoms with E-state index in [0.29, 0.717) is 28.3 Å². The molecule has 1 aliphatic rings. The van der Waals surface area contributed by atoms with Gasteiger partial charge in [-0.3, -0.25) is 19.5 Å². The summed E-state index contributed by atoms with van der Waals surface area (Å²) in [6.45, 7) is 7.09. The molecule has 37 heavy (non-hydrogen) atoms. The van der Waals surface area contributed by atoms with E-state index in [2.05, 4.69) is 4.98 Å². The highest BCUT2D eigenvalue weighted by Crippen LogP contribution is 2.42. The molecule has 190 valence electrons. The van der Waals surface area contributed by atoms with Crippen molar-refractivity contribution >= 4 is 29.1 Å². The molecule has 1 aromatic heterocycles. The fourth-order valence-electron chi connectivity index (χ4n) is 4.39. The predicted molar refractivity (Wildman–Crippen MR) is 138 cm³/mol. The number of aryl methyl sites for hydroxylation is 2. The van der Waals surface area contributed by atoms with Gasteiger partial charge < -0.3 is 14.6 Å². The SMILES string of the molecule is COc1cc(C)c(/C(O)=C2\C(=O)C(=O)N(c3cccc(C(=O)OC(C)C)c3)C2c2ccccn2)cc1C. The fourth-order valence-corrected chi connectivity index (χ4v) is 4.39. The zero-order chi connectivity index (χ0) is 26.9. The van der Waals surface area contributed by atoms with Crippen molar-refractivity contribution in [2.45, 2.75) is 39.8 Å². The van der Waals surface area contributed by atoms with Crippen molar-refractivity contribution in [3.8, 4) is 5.75 Å². The van der Waals surface area contributed by atoms with Gasteiger partial charge in [-0.05, 0) is 81.3 Å². The smallest absolute Gasteiger partial charge is 0.338 e. The van der Waals surface area contributed by atoms with Crippen LogP contribution in [0.2, 0.25) is 0 Å². The highest BCUT2D eigenvalue weighted by Gasteiger charge is 2.48. The van der Waals surface area contributed by atoms with Crippen LogP contribution in [0.25, 0.3) is 5.76 Å². The van der Waals surface area contributed by atoms with Gasteiger partial charge in [-0.2, -0.15) is 0 Å². The van der Waals surface area contributed by atoms with Gasteiger partial charge in [0.1, 0.15) is 17.6 Å². The molecule has 1 fully saturated rings. The molecule has 0 radical (unpaired) electrons. The number of carbonyl (C=O) groups excluding carboxylic acids is 3. The number of carbonyl (C=O) groups is 3. The monoisotopic (exact) mass is 500 g/mol. The van der Waals surface area contributed by atoms with Crippen LogP contribution in [0.4, 0.5) is 5.69 Å². The normalized spacial score (nSPS) is 16.8. The number of anilines is 1. The number of aromatic nitrogens is 1. The molecule has 4 rings (SSSR count). The number of aliphatic hydroxyl groups is 1. The lowest BCUT2D eigenvalue weighted by Crippen LogP contribution is -2.30. The minimum atomic E-state index is -1.01. The number of ether oxygens (including phenoxy) is 2. The highest BCUT2D eigenvalue weighted by molar-refractivity contribution is 6.51. The number of hydrogen-bond acceptors (Lipinski definition) is 7. The lowest BCUT2D eigenvalue weighted by Gasteiger charge is -2.25. The Bertz CT molecular complexity index is 1410. The number of rotatable bonds is 6. The van der Waals surface area contributed by atoms with E-state index in [1.165, 1.54) is 11.0 Å². The van der Waals surface area contributed by atoms with Crippen molar-refractivity contribution in [3.63, 3.8) is 0 Å². The van der Waals surface area contributed by atoms with Crippen LogP contribution in [0, 0.1) is 13.8 Å². The lowest BCUT2D eigenvalue weighted by molar-refractivity contribution is -0.132. The Hall–Kier alpha value is -4.46. The summed E-state index contributed by atoms with van der Waals surface area (Å²) >= 11 is 0. The van der Waals surface area contributed by atoms with E-state index in [9.17, 15) is 19.5 Å². The maximum absolute atomic E-state index is 13.4. The molecule has 1 saturated heterocycles. The summed E-state index contributed by atoms with van der Waals surface area (Å²) in [7, 11) is 1.55. The number of methoxy groups -OCH3 is 1. The number of nitrogens with zero attached hydrogens (tertiary/aromatic N) is 2. The average molecular weight is 501 g/mol. The first-order valence-electron chi connectivity index (χ1n) is 11.8. The summed E-state index contributed by atoms with van der Waals surface area (Å²) in [4.78, 5) is 45.0. The molecule has 8 nitrogen and oxygen atoms in total. The number of benzene rings is 2. The van der Waals surface area contributed by atoms with Gasteiger partial charge in [0, 0.05) is 17.4 Å². The van der Waals surface area contributed by atoms with Crippen molar-refractivity contribution in [2.24, 2.45) is 0 Å². The number of amides is 1. The van der Waals surface area contributed by atoms with E-state index in [4.69, 9.17) is 9.47 Å². The fraction of sp³-hybridized carbons (Fsp3) is 0.241. The van der Waals surface area contributed by atoms with E-state index >= 15 is 0 Å². The van der Waals surface area contributed by atoms with E-state index < -0.39 is 23.7 Å². The van der Waals surface area contributed by atoms with Gasteiger partial charge in [0.25, 0.3) is 11.7 Å². The Kier molecular flexibility index (Phi) is 7.11. The van der Waals surface area contributed by atoms with E-state index in [1.807, 2.05) is 6.92 Å². The number of esters is 1. The molecule has 1 atom stereocenters. The topological polar surface area (TPSA) is 106 Å². The maximum atomic E-state index is 13.4. The van der Waals surface area contributed by atoms with E-state index in [-0.39, 0.29) is 23.0 Å². The van der Waals surface area contributed by atoms with Gasteiger partial charge in [0.05, 0.1) is 30.0 Å². The summed E-state index contributed by atoms with van der Waals surface area (Å²) in [6, 6.07) is 13.9. The number of ketones is 1. The second kappa shape index (κ2) is 10.3. The van der Waals surface area contributed by atoms with Crippen LogP contribution in [-0.4, -0.2) is 41.0 Å². The van der Waals surface area contributed by atoms with Crippen LogP contribution < -0.4 is 9.64 Å². The van der Waals surface area contributed by atoms with E-state index in [0.717, 1.165) is 5.56 Å². The summed E-state index contributed by atoms with van der Waals surface area (Å²) < 4.78 is 10.7. The van der Waals surface area contributed by atoms with Gasteiger partial charge in [-0.25, -0.2) is 4.79 Å². The molecular weight excluding hydrogens is 472 g/mol. The molecule has 2 heterocycles. The molecule has 8 heteroatoms. The van der Waals surface area contributed by atoms with Crippen molar-refractivity contribution in [3.05, 3.63) is 94.3 Å². The molecule has 1 N–H and O–H groups in total. The lowest BCUT2D eigenvalue weighted by atomic mass is 9.95. The van der Waals surface area contributed by atoms with Gasteiger partial charge in [-0.1, -0.05) is 12.1 Å². The van der Waals surface area contributed by atoms with Gasteiger partial charge in [-0.15, -0.1) is 0 Å². The first-order chi connectivity index (χ1) is 17.6. The van der Waals surface area contributed by atoms with Crippen LogP contribution >= 0.6 is 0 Å². The zero-order valence-corrected chi connectivity index (χ0v) is 21.3. The molecule has 1 aliphatic heterocycles. The van der Waals surface area contributed by atoms with Gasteiger partial charge >= 0.3 is 5.97 Å². The largest absolute Gasteiger partial charge is 0.507 e. The number of Topliss-reactive ketones (excluding diaryl/α,β-unsaturated/α-hetero) is 1. The van der Waals surface area contributed by atoms with E-state index in [1.54, 1.807) is 82.6 Å². The van der Waals surface area contributed by atoms with Crippen LogP contribution in [0.5, 0.6) is 5.75 Å². The second-order valence-electron chi connectivity index (χ2n) is 9.06. The molecule has 0 spiro atoms. The predicted octanol–water partition coefficient (Wildman–Crippen LogP) is 4.90. The van der Waals surface area contributed by atoms with Crippen LogP contribution in [0.15, 0.2) is 66.4 Å². The first-order valence-corrected chi connectivity index (χ1v) is 11.8. The zero-order valence-electron chi connectivity index (χ0n) is 21.3. The summed E-state index contributed by atoms with van der Waals surface area (Å²) in [5, 5.41) is 11.5. The first kappa shape index (κ1) is 25.6. The van der Waals surface area contributed by atoms with Crippen LogP contribution in [-0.2, 0) is 14.3 Å². The third-order valence-electron chi connectivity index (χ3n) is 6.11. The van der Waals surface area contributed by atoms with Crippen molar-refractivity contribution in [1.29, 1.82) is 0 Å².